The second kappa shape index (κ2) is 4.07. The van der Waals surface area contributed by atoms with Crippen molar-refractivity contribution < 1.29 is 14.1 Å². The van der Waals surface area contributed by atoms with Gasteiger partial charge in [-0.25, -0.2) is 0 Å². The average Bonchev–Trinajstić information content (AvgIpc) is 3.23. The number of amides is 2. The van der Waals surface area contributed by atoms with Crippen LogP contribution in [-0.2, 0) is 4.79 Å². The Labute approximate surface area is 116 Å². The van der Waals surface area contributed by atoms with Gasteiger partial charge in [0.05, 0.1) is 6.20 Å². The van der Waals surface area contributed by atoms with Gasteiger partial charge in [-0.2, -0.15) is 0 Å². The van der Waals surface area contributed by atoms with Crippen LogP contribution in [0.1, 0.15) is 36.2 Å². The number of carbonyl (C=O) groups is 2. The minimum absolute atomic E-state index is 0.0225. The molecule has 1 N–H and O–H groups in total. The molecule has 106 valence electrons. The van der Waals surface area contributed by atoms with Crippen LogP contribution < -0.4 is 5.32 Å². The van der Waals surface area contributed by atoms with Crippen molar-refractivity contribution >= 4 is 11.8 Å². The van der Waals surface area contributed by atoms with E-state index >= 15 is 0 Å². The Morgan fingerprint density at radius 3 is 3.00 bits per heavy atom. The van der Waals surface area contributed by atoms with Crippen molar-refractivity contribution in [3.63, 3.8) is 0 Å². The fourth-order valence-electron chi connectivity index (χ4n) is 3.25. The Hall–Kier alpha value is -1.85. The molecular formula is C14H17N3O3. The van der Waals surface area contributed by atoms with Gasteiger partial charge in [0.2, 0.25) is 11.7 Å². The molecule has 1 aromatic heterocycles. The normalized spacial score (nSPS) is 31.6. The molecule has 1 saturated heterocycles. The largest absolute Gasteiger partial charge is 0.353 e. The predicted molar refractivity (Wildman–Crippen MR) is 68.7 cm³/mol. The first-order valence-corrected chi connectivity index (χ1v) is 7.18. The van der Waals surface area contributed by atoms with E-state index in [2.05, 4.69) is 10.5 Å². The average molecular weight is 275 g/mol. The molecule has 6 nitrogen and oxygen atoms in total. The lowest BCUT2D eigenvalue weighted by atomic mass is 10.0. The zero-order valence-corrected chi connectivity index (χ0v) is 11.2. The molecule has 3 aliphatic rings. The summed E-state index contributed by atoms with van der Waals surface area (Å²) in [6.45, 7) is 1.36. The molecule has 0 unspecified atom stereocenters. The maximum Gasteiger partial charge on any atom is 0.292 e. The highest BCUT2D eigenvalue weighted by Crippen LogP contribution is 2.58. The monoisotopic (exact) mass is 275 g/mol. The third kappa shape index (κ3) is 1.90. The van der Waals surface area contributed by atoms with Crippen molar-refractivity contribution in [2.24, 2.45) is 11.3 Å². The molecule has 2 atom stereocenters. The summed E-state index contributed by atoms with van der Waals surface area (Å²) in [7, 11) is 0. The lowest BCUT2D eigenvalue weighted by molar-refractivity contribution is -0.123. The van der Waals surface area contributed by atoms with Gasteiger partial charge in [0, 0.05) is 36.5 Å². The number of aromatic nitrogens is 1. The summed E-state index contributed by atoms with van der Waals surface area (Å²) in [6.07, 6.45) is 5.52. The van der Waals surface area contributed by atoms with Gasteiger partial charge in [-0.1, -0.05) is 5.16 Å². The third-order valence-corrected chi connectivity index (χ3v) is 4.75. The molecule has 2 amide bonds. The van der Waals surface area contributed by atoms with Crippen LogP contribution in [0.25, 0.3) is 0 Å². The van der Waals surface area contributed by atoms with Crippen LogP contribution in [0.2, 0.25) is 0 Å². The van der Waals surface area contributed by atoms with E-state index in [1.807, 2.05) is 0 Å². The highest BCUT2D eigenvalue weighted by Gasteiger charge is 2.61. The standard InChI is InChI=1S/C14H17N3O3/c18-12(16-9-1-2-9)10-7-14(10)4-6-17(8-14)13(19)11-3-5-15-20-11/h3,5,9-10H,1-2,4,6-8H2,(H,16,18)/t10-,14-/m0/s1. The SMILES string of the molecule is O=C(NC1CC1)[C@@H]1C[C@]12CCN(C(=O)c1ccno1)C2. The first kappa shape index (κ1) is 11.9. The molecule has 6 heteroatoms. The maximum absolute atomic E-state index is 12.2. The second-order valence-electron chi connectivity index (χ2n) is 6.26. The van der Waals surface area contributed by atoms with Crippen molar-refractivity contribution in [2.45, 2.75) is 31.7 Å². The molecule has 3 fully saturated rings. The van der Waals surface area contributed by atoms with Gasteiger partial charge in [-0.3, -0.25) is 9.59 Å². The van der Waals surface area contributed by atoms with Gasteiger partial charge < -0.3 is 14.7 Å². The van der Waals surface area contributed by atoms with E-state index in [1.54, 1.807) is 11.0 Å². The van der Waals surface area contributed by atoms with E-state index in [0.29, 0.717) is 19.1 Å². The van der Waals surface area contributed by atoms with E-state index in [4.69, 9.17) is 4.52 Å². The van der Waals surface area contributed by atoms with E-state index < -0.39 is 0 Å². The predicted octanol–water partition coefficient (Wildman–Crippen LogP) is 0.805. The fraction of sp³-hybridized carbons (Fsp3) is 0.643. The fourth-order valence-corrected chi connectivity index (χ4v) is 3.25. The quantitative estimate of drug-likeness (QED) is 0.885. The van der Waals surface area contributed by atoms with E-state index in [0.717, 1.165) is 25.7 Å². The van der Waals surface area contributed by atoms with Crippen molar-refractivity contribution in [3.05, 3.63) is 18.0 Å². The molecule has 0 aromatic carbocycles. The lowest BCUT2D eigenvalue weighted by Crippen LogP contribution is -2.31. The maximum atomic E-state index is 12.2. The molecular weight excluding hydrogens is 258 g/mol. The van der Waals surface area contributed by atoms with Gasteiger partial charge in [-0.05, 0) is 25.7 Å². The molecule has 20 heavy (non-hydrogen) atoms. The number of hydrogen-bond acceptors (Lipinski definition) is 4. The van der Waals surface area contributed by atoms with Gasteiger partial charge in [0.1, 0.15) is 0 Å². The minimum Gasteiger partial charge on any atom is -0.353 e. The summed E-state index contributed by atoms with van der Waals surface area (Å²) in [6, 6.07) is 1.99. The molecule has 1 aromatic rings. The van der Waals surface area contributed by atoms with Crippen LogP contribution >= 0.6 is 0 Å². The number of nitrogens with one attached hydrogen (secondary N) is 1. The summed E-state index contributed by atoms with van der Waals surface area (Å²) in [5.74, 6) is 0.436. The Morgan fingerprint density at radius 2 is 2.30 bits per heavy atom. The van der Waals surface area contributed by atoms with E-state index in [9.17, 15) is 9.59 Å². The van der Waals surface area contributed by atoms with Gasteiger partial charge >= 0.3 is 0 Å². The smallest absolute Gasteiger partial charge is 0.292 e. The summed E-state index contributed by atoms with van der Waals surface area (Å²) in [5, 5.41) is 6.63. The number of nitrogens with zero attached hydrogens (tertiary/aromatic N) is 2. The van der Waals surface area contributed by atoms with Crippen LogP contribution in [0.5, 0.6) is 0 Å². The van der Waals surface area contributed by atoms with Crippen LogP contribution in [0, 0.1) is 11.3 Å². The molecule has 1 spiro atoms. The Bertz CT molecular complexity index is 552. The van der Waals surface area contributed by atoms with Crippen molar-refractivity contribution in [2.75, 3.05) is 13.1 Å². The highest BCUT2D eigenvalue weighted by atomic mass is 16.5. The Kier molecular flexibility index (Phi) is 2.43. The van der Waals surface area contributed by atoms with Crippen molar-refractivity contribution in [1.29, 1.82) is 0 Å². The zero-order chi connectivity index (χ0) is 13.7. The number of hydrogen-bond donors (Lipinski definition) is 1. The summed E-state index contributed by atoms with van der Waals surface area (Å²) in [5.41, 5.74) is 0.0225. The zero-order valence-electron chi connectivity index (χ0n) is 11.2. The van der Waals surface area contributed by atoms with Crippen molar-refractivity contribution in [1.82, 2.24) is 15.4 Å². The number of carbonyl (C=O) groups excluding carboxylic acids is 2. The molecule has 0 radical (unpaired) electrons. The Morgan fingerprint density at radius 1 is 1.45 bits per heavy atom. The summed E-state index contributed by atoms with van der Waals surface area (Å²) in [4.78, 5) is 26.0. The van der Waals surface area contributed by atoms with Crippen LogP contribution in [-0.4, -0.2) is 41.0 Å². The molecule has 2 saturated carbocycles. The molecule has 4 rings (SSSR count). The molecule has 0 bridgehead atoms. The van der Waals surface area contributed by atoms with E-state index in [-0.39, 0.29) is 28.9 Å². The Balaban J connectivity index is 1.39. The first-order chi connectivity index (χ1) is 9.68. The molecule has 2 heterocycles. The lowest BCUT2D eigenvalue weighted by Gasteiger charge is -2.14. The molecule has 1 aliphatic heterocycles. The van der Waals surface area contributed by atoms with Gasteiger partial charge in [0.15, 0.2) is 0 Å². The number of likely N-dealkylation sites (tertiary alicyclic amines) is 1. The number of rotatable bonds is 3. The van der Waals surface area contributed by atoms with Gasteiger partial charge in [-0.15, -0.1) is 0 Å². The molecule has 2 aliphatic carbocycles. The summed E-state index contributed by atoms with van der Waals surface area (Å²) >= 11 is 0. The van der Waals surface area contributed by atoms with E-state index in [1.165, 1.54) is 6.20 Å². The van der Waals surface area contributed by atoms with Crippen LogP contribution in [0.4, 0.5) is 0 Å². The highest BCUT2D eigenvalue weighted by molar-refractivity contribution is 5.92. The minimum atomic E-state index is -0.118. The van der Waals surface area contributed by atoms with Crippen molar-refractivity contribution in [3.8, 4) is 0 Å². The summed E-state index contributed by atoms with van der Waals surface area (Å²) < 4.78 is 4.91. The second-order valence-corrected chi connectivity index (χ2v) is 6.26. The van der Waals surface area contributed by atoms with Crippen LogP contribution in [0.3, 0.4) is 0 Å². The topological polar surface area (TPSA) is 75.4 Å². The first-order valence-electron chi connectivity index (χ1n) is 7.18. The third-order valence-electron chi connectivity index (χ3n) is 4.75. The van der Waals surface area contributed by atoms with Gasteiger partial charge in [0.25, 0.3) is 5.91 Å². The van der Waals surface area contributed by atoms with Crippen LogP contribution in [0.15, 0.2) is 16.8 Å².